The van der Waals surface area contributed by atoms with Gasteiger partial charge in [-0.05, 0) is 97.8 Å². The third-order valence-corrected chi connectivity index (χ3v) is 7.61. The summed E-state index contributed by atoms with van der Waals surface area (Å²) >= 11 is 0. The van der Waals surface area contributed by atoms with Gasteiger partial charge >= 0.3 is 0 Å². The zero-order valence-corrected chi connectivity index (χ0v) is 22.7. The Morgan fingerprint density at radius 2 is 1.78 bits per heavy atom. The number of aromatic nitrogens is 5. The first kappa shape index (κ1) is 25.1. The van der Waals surface area contributed by atoms with E-state index in [-0.39, 0.29) is 17.1 Å². The molecule has 0 unspecified atom stereocenters. The van der Waals surface area contributed by atoms with E-state index in [1.165, 1.54) is 22.4 Å². The third-order valence-electron chi connectivity index (χ3n) is 7.61. The minimum atomic E-state index is -0.353. The molecule has 8 nitrogen and oxygen atoms in total. The van der Waals surface area contributed by atoms with Crippen molar-refractivity contribution >= 4 is 16.6 Å². The zero-order chi connectivity index (χ0) is 26.3. The molecule has 8 heteroatoms. The van der Waals surface area contributed by atoms with Gasteiger partial charge in [0.25, 0.3) is 5.56 Å². The molecule has 1 atom stereocenters. The van der Waals surface area contributed by atoms with Gasteiger partial charge < -0.3 is 9.88 Å². The average molecular weight is 500 g/mol. The van der Waals surface area contributed by atoms with E-state index in [1.54, 1.807) is 0 Å². The van der Waals surface area contributed by atoms with E-state index in [1.807, 2.05) is 16.8 Å². The Kier molecular flexibility index (Phi) is 6.62. The molecule has 1 fully saturated rings. The lowest BCUT2D eigenvalue weighted by Crippen LogP contribution is -2.49. The first-order valence-corrected chi connectivity index (χ1v) is 13.2. The number of nitrogens with zero attached hydrogens (tertiary/aromatic N) is 6. The summed E-state index contributed by atoms with van der Waals surface area (Å²) in [5.74, 6) is 0.698. The number of pyridine rings is 1. The van der Waals surface area contributed by atoms with Crippen molar-refractivity contribution < 1.29 is 0 Å². The average Bonchev–Trinajstić information content (AvgIpc) is 3.37. The van der Waals surface area contributed by atoms with E-state index >= 15 is 0 Å². The number of benzene rings is 2. The number of fused-ring (bicyclic) bond motifs is 1. The molecule has 0 spiro atoms. The zero-order valence-electron chi connectivity index (χ0n) is 22.7. The van der Waals surface area contributed by atoms with Gasteiger partial charge in [0.15, 0.2) is 5.82 Å². The van der Waals surface area contributed by atoms with Crippen LogP contribution >= 0.6 is 0 Å². The monoisotopic (exact) mass is 499 g/mol. The number of aromatic amines is 1. The highest BCUT2D eigenvalue weighted by atomic mass is 16.1. The molecule has 1 aliphatic rings. The molecule has 3 heterocycles. The van der Waals surface area contributed by atoms with Gasteiger partial charge in [-0.1, -0.05) is 25.1 Å². The SMILES string of the molecule is CCc1ccc2[nH]c(=O)c([C@@H](c3nnnn3C(C)(C)C)N3CCN(c4cccc(C)c4C)CC3)cc2c1. The third kappa shape index (κ3) is 4.78. The van der Waals surface area contributed by atoms with Crippen molar-refractivity contribution in [2.24, 2.45) is 0 Å². The number of anilines is 1. The molecule has 4 aromatic rings. The summed E-state index contributed by atoms with van der Waals surface area (Å²) in [5, 5.41) is 13.9. The largest absolute Gasteiger partial charge is 0.369 e. The topological polar surface area (TPSA) is 82.9 Å². The first-order valence-electron chi connectivity index (χ1n) is 13.2. The summed E-state index contributed by atoms with van der Waals surface area (Å²) in [6, 6.07) is 14.4. The fourth-order valence-corrected chi connectivity index (χ4v) is 5.34. The van der Waals surface area contributed by atoms with Crippen molar-refractivity contribution in [3.63, 3.8) is 0 Å². The fraction of sp³-hybridized carbons (Fsp3) is 0.448. The molecule has 0 radical (unpaired) electrons. The lowest BCUT2D eigenvalue weighted by molar-refractivity contribution is 0.190. The molecule has 0 aliphatic carbocycles. The van der Waals surface area contributed by atoms with Gasteiger partial charge in [0.1, 0.15) is 6.04 Å². The maximum atomic E-state index is 13.5. The molecular formula is C29H37N7O. The van der Waals surface area contributed by atoms with Gasteiger partial charge in [0, 0.05) is 42.9 Å². The summed E-state index contributed by atoms with van der Waals surface area (Å²) in [5.41, 5.74) is 6.26. The van der Waals surface area contributed by atoms with Crippen LogP contribution in [0.3, 0.4) is 0 Å². The molecule has 0 saturated carbocycles. The van der Waals surface area contributed by atoms with Crippen LogP contribution in [0.4, 0.5) is 5.69 Å². The molecule has 1 saturated heterocycles. The van der Waals surface area contributed by atoms with Crippen molar-refractivity contribution in [2.45, 2.75) is 59.5 Å². The molecule has 37 heavy (non-hydrogen) atoms. The van der Waals surface area contributed by atoms with Crippen molar-refractivity contribution in [3.8, 4) is 0 Å². The summed E-state index contributed by atoms with van der Waals surface area (Å²) in [6.07, 6.45) is 0.941. The van der Waals surface area contributed by atoms with Crippen molar-refractivity contribution in [1.29, 1.82) is 0 Å². The second kappa shape index (κ2) is 9.74. The maximum Gasteiger partial charge on any atom is 0.253 e. The number of hydrogen-bond acceptors (Lipinski definition) is 6. The van der Waals surface area contributed by atoms with Gasteiger partial charge in [-0.25, -0.2) is 4.68 Å². The standard InChI is InChI=1S/C29H37N7O/c1-7-21-11-12-24-22(17-21)18-23(28(37)30-24)26(27-31-32-33-36(27)29(4,5)6)35-15-13-34(14-16-35)25-10-8-9-19(2)20(25)3/h8-12,17-18,26H,7,13-16H2,1-6H3,(H,30,37)/t26-/m0/s1. The maximum absolute atomic E-state index is 13.5. The molecule has 1 N–H and O–H groups in total. The van der Waals surface area contributed by atoms with Gasteiger partial charge in [-0.3, -0.25) is 9.69 Å². The molecule has 0 bridgehead atoms. The number of H-pyrrole nitrogens is 1. The fourth-order valence-electron chi connectivity index (χ4n) is 5.34. The Morgan fingerprint density at radius 1 is 1.03 bits per heavy atom. The highest BCUT2D eigenvalue weighted by Gasteiger charge is 2.35. The molecule has 2 aromatic heterocycles. The molecule has 5 rings (SSSR count). The lowest BCUT2D eigenvalue weighted by Gasteiger charge is -2.40. The summed E-state index contributed by atoms with van der Waals surface area (Å²) in [7, 11) is 0. The van der Waals surface area contributed by atoms with E-state index < -0.39 is 0 Å². The van der Waals surface area contributed by atoms with Gasteiger partial charge in [-0.2, -0.15) is 0 Å². The van der Waals surface area contributed by atoms with Crippen LogP contribution in [-0.2, 0) is 12.0 Å². The normalized spacial score (nSPS) is 15.9. The van der Waals surface area contributed by atoms with E-state index in [0.29, 0.717) is 11.4 Å². The predicted molar refractivity (Wildman–Crippen MR) is 148 cm³/mol. The van der Waals surface area contributed by atoms with Crippen LogP contribution in [0, 0.1) is 13.8 Å². The van der Waals surface area contributed by atoms with Crippen LogP contribution in [0.2, 0.25) is 0 Å². The highest BCUT2D eigenvalue weighted by Crippen LogP contribution is 2.32. The first-order chi connectivity index (χ1) is 17.7. The van der Waals surface area contributed by atoms with Crippen LogP contribution < -0.4 is 10.5 Å². The molecular weight excluding hydrogens is 462 g/mol. The minimum absolute atomic E-state index is 0.0952. The molecule has 0 amide bonds. The highest BCUT2D eigenvalue weighted by molar-refractivity contribution is 5.80. The Hall–Kier alpha value is -3.52. The van der Waals surface area contributed by atoms with E-state index in [0.717, 1.165) is 43.5 Å². The summed E-state index contributed by atoms with van der Waals surface area (Å²) < 4.78 is 1.86. The van der Waals surface area contributed by atoms with Gasteiger partial charge in [-0.15, -0.1) is 5.10 Å². The number of piperazine rings is 1. The van der Waals surface area contributed by atoms with Gasteiger partial charge in [0.05, 0.1) is 5.54 Å². The second-order valence-electron chi connectivity index (χ2n) is 11.1. The number of tetrazole rings is 1. The number of aryl methyl sites for hydroxylation is 2. The Morgan fingerprint density at radius 3 is 2.49 bits per heavy atom. The van der Waals surface area contributed by atoms with Crippen LogP contribution in [0.1, 0.15) is 61.8 Å². The van der Waals surface area contributed by atoms with E-state index in [2.05, 4.69) is 102 Å². The van der Waals surface area contributed by atoms with Crippen LogP contribution in [0.15, 0.2) is 47.3 Å². The van der Waals surface area contributed by atoms with E-state index in [9.17, 15) is 4.79 Å². The minimum Gasteiger partial charge on any atom is -0.369 e. The van der Waals surface area contributed by atoms with Gasteiger partial charge in [0.2, 0.25) is 0 Å². The summed E-state index contributed by atoms with van der Waals surface area (Å²) in [6.45, 7) is 16.1. The molecule has 1 aliphatic heterocycles. The predicted octanol–water partition coefficient (Wildman–Crippen LogP) is 4.36. The Labute approximate surface area is 218 Å². The number of nitrogens with one attached hydrogen (secondary N) is 1. The van der Waals surface area contributed by atoms with E-state index in [4.69, 9.17) is 0 Å². The lowest BCUT2D eigenvalue weighted by atomic mass is 10.00. The molecule has 194 valence electrons. The second-order valence-corrected chi connectivity index (χ2v) is 11.1. The Balaban J connectivity index is 1.56. The van der Waals surface area contributed by atoms with Crippen LogP contribution in [0.5, 0.6) is 0 Å². The van der Waals surface area contributed by atoms with Crippen molar-refractivity contribution in [1.82, 2.24) is 30.1 Å². The Bertz CT molecular complexity index is 1470. The number of hydrogen-bond donors (Lipinski definition) is 1. The van der Waals surface area contributed by atoms with Crippen LogP contribution in [0.25, 0.3) is 10.9 Å². The quantitative estimate of drug-likeness (QED) is 0.439. The smallest absolute Gasteiger partial charge is 0.253 e. The number of rotatable bonds is 5. The van der Waals surface area contributed by atoms with Crippen molar-refractivity contribution in [3.05, 3.63) is 80.9 Å². The molecule has 2 aromatic carbocycles. The van der Waals surface area contributed by atoms with Crippen molar-refractivity contribution in [2.75, 3.05) is 31.1 Å². The summed E-state index contributed by atoms with van der Waals surface area (Å²) in [4.78, 5) is 21.5. The van der Waals surface area contributed by atoms with Crippen LogP contribution in [-0.4, -0.2) is 56.3 Å².